The Kier molecular flexibility index (Phi) is 5.50. The van der Waals surface area contributed by atoms with Gasteiger partial charge in [-0.2, -0.15) is 0 Å². The van der Waals surface area contributed by atoms with Crippen molar-refractivity contribution >= 4 is 5.97 Å². The Morgan fingerprint density at radius 3 is 2.94 bits per heavy atom. The summed E-state index contributed by atoms with van der Waals surface area (Å²) in [6.07, 6.45) is 3.13. The van der Waals surface area contributed by atoms with E-state index in [9.17, 15) is 4.79 Å². The third-order valence-corrected chi connectivity index (χ3v) is 2.26. The number of hydrogen-bond donors (Lipinski definition) is 1. The van der Waals surface area contributed by atoms with Gasteiger partial charge in [-0.25, -0.2) is 0 Å². The van der Waals surface area contributed by atoms with Crippen LogP contribution in [-0.4, -0.2) is 24.6 Å². The van der Waals surface area contributed by atoms with Gasteiger partial charge in [0.15, 0.2) is 0 Å². The maximum Gasteiger partial charge on any atom is 0.305 e. The molecule has 4 nitrogen and oxygen atoms in total. The molecule has 1 aromatic heterocycles. The van der Waals surface area contributed by atoms with Gasteiger partial charge in [0, 0.05) is 24.9 Å². The standard InChI is InChI=1S/C12H18N2O2/c1-10-5-6-11(9-14-10)8-13-7-3-4-12(15)16-2/h5-6,9,13H,3-4,7-8H2,1-2H3. The summed E-state index contributed by atoms with van der Waals surface area (Å²) >= 11 is 0. The number of aromatic nitrogens is 1. The molecular weight excluding hydrogens is 204 g/mol. The van der Waals surface area contributed by atoms with E-state index in [1.54, 1.807) is 0 Å². The fourth-order valence-electron chi connectivity index (χ4n) is 1.30. The second-order valence-electron chi connectivity index (χ2n) is 3.66. The first-order chi connectivity index (χ1) is 7.72. The zero-order valence-electron chi connectivity index (χ0n) is 9.82. The molecule has 0 unspecified atom stereocenters. The van der Waals surface area contributed by atoms with Crippen molar-refractivity contribution in [2.45, 2.75) is 26.3 Å². The van der Waals surface area contributed by atoms with E-state index in [0.717, 1.165) is 30.8 Å². The lowest BCUT2D eigenvalue weighted by Gasteiger charge is -2.04. The van der Waals surface area contributed by atoms with Crippen molar-refractivity contribution < 1.29 is 9.53 Å². The first-order valence-electron chi connectivity index (χ1n) is 5.41. The van der Waals surface area contributed by atoms with Crippen LogP contribution in [0.15, 0.2) is 18.3 Å². The number of methoxy groups -OCH3 is 1. The smallest absolute Gasteiger partial charge is 0.305 e. The summed E-state index contributed by atoms with van der Waals surface area (Å²) in [5.74, 6) is -0.154. The number of hydrogen-bond acceptors (Lipinski definition) is 4. The summed E-state index contributed by atoms with van der Waals surface area (Å²) in [4.78, 5) is 15.0. The van der Waals surface area contributed by atoms with Gasteiger partial charge < -0.3 is 10.1 Å². The van der Waals surface area contributed by atoms with E-state index in [0.29, 0.717) is 6.42 Å². The molecule has 1 rings (SSSR count). The summed E-state index contributed by atoms with van der Waals surface area (Å²) < 4.78 is 4.55. The van der Waals surface area contributed by atoms with Crippen molar-refractivity contribution in [2.24, 2.45) is 0 Å². The molecule has 0 saturated heterocycles. The molecule has 16 heavy (non-hydrogen) atoms. The molecule has 1 heterocycles. The van der Waals surface area contributed by atoms with Crippen LogP contribution >= 0.6 is 0 Å². The molecule has 1 N–H and O–H groups in total. The molecule has 0 aliphatic carbocycles. The van der Waals surface area contributed by atoms with Crippen molar-refractivity contribution in [3.05, 3.63) is 29.6 Å². The topological polar surface area (TPSA) is 51.2 Å². The summed E-state index contributed by atoms with van der Waals surface area (Å²) in [5, 5.41) is 3.25. The van der Waals surface area contributed by atoms with E-state index >= 15 is 0 Å². The Bertz CT molecular complexity index is 322. The average molecular weight is 222 g/mol. The van der Waals surface area contributed by atoms with Gasteiger partial charge in [-0.3, -0.25) is 9.78 Å². The van der Waals surface area contributed by atoms with Crippen molar-refractivity contribution in [1.82, 2.24) is 10.3 Å². The number of ether oxygens (including phenoxy) is 1. The number of pyridine rings is 1. The van der Waals surface area contributed by atoms with Gasteiger partial charge in [-0.05, 0) is 31.5 Å². The van der Waals surface area contributed by atoms with Gasteiger partial charge in [0.25, 0.3) is 0 Å². The Hall–Kier alpha value is -1.42. The van der Waals surface area contributed by atoms with Crippen molar-refractivity contribution in [3.63, 3.8) is 0 Å². The van der Waals surface area contributed by atoms with Gasteiger partial charge in [0.05, 0.1) is 7.11 Å². The molecule has 1 aromatic rings. The van der Waals surface area contributed by atoms with E-state index in [4.69, 9.17) is 0 Å². The molecular formula is C12H18N2O2. The monoisotopic (exact) mass is 222 g/mol. The minimum absolute atomic E-state index is 0.154. The zero-order chi connectivity index (χ0) is 11.8. The van der Waals surface area contributed by atoms with E-state index < -0.39 is 0 Å². The van der Waals surface area contributed by atoms with Crippen LogP contribution in [0.3, 0.4) is 0 Å². The molecule has 0 amide bonds. The fraction of sp³-hybridized carbons (Fsp3) is 0.500. The van der Waals surface area contributed by atoms with Crippen LogP contribution in [0, 0.1) is 6.92 Å². The third-order valence-electron chi connectivity index (χ3n) is 2.26. The van der Waals surface area contributed by atoms with Crippen LogP contribution < -0.4 is 5.32 Å². The van der Waals surface area contributed by atoms with Crippen LogP contribution in [-0.2, 0) is 16.1 Å². The van der Waals surface area contributed by atoms with Crippen LogP contribution in [0.2, 0.25) is 0 Å². The molecule has 0 saturated carbocycles. The number of nitrogens with one attached hydrogen (secondary N) is 1. The molecule has 0 aromatic carbocycles. The van der Waals surface area contributed by atoms with E-state index in [1.807, 2.05) is 19.2 Å². The minimum atomic E-state index is -0.154. The first-order valence-corrected chi connectivity index (χ1v) is 5.41. The maximum absolute atomic E-state index is 10.8. The van der Waals surface area contributed by atoms with Gasteiger partial charge in [0.1, 0.15) is 0 Å². The number of rotatable bonds is 6. The fourth-order valence-corrected chi connectivity index (χ4v) is 1.30. The maximum atomic E-state index is 10.8. The lowest BCUT2D eigenvalue weighted by atomic mass is 10.2. The summed E-state index contributed by atoms with van der Waals surface area (Å²) in [5.41, 5.74) is 2.18. The molecule has 0 fully saturated rings. The highest BCUT2D eigenvalue weighted by Gasteiger charge is 1.98. The molecule has 0 atom stereocenters. The van der Waals surface area contributed by atoms with E-state index in [-0.39, 0.29) is 5.97 Å². The zero-order valence-corrected chi connectivity index (χ0v) is 9.82. The highest BCUT2D eigenvalue weighted by Crippen LogP contribution is 1.98. The van der Waals surface area contributed by atoms with Crippen LogP contribution in [0.1, 0.15) is 24.1 Å². The highest BCUT2D eigenvalue weighted by atomic mass is 16.5. The molecule has 0 radical (unpaired) electrons. The molecule has 0 aliphatic rings. The average Bonchev–Trinajstić information content (AvgIpc) is 2.31. The lowest BCUT2D eigenvalue weighted by molar-refractivity contribution is -0.140. The highest BCUT2D eigenvalue weighted by molar-refractivity contribution is 5.69. The lowest BCUT2D eigenvalue weighted by Crippen LogP contribution is -2.16. The van der Waals surface area contributed by atoms with Gasteiger partial charge >= 0.3 is 5.97 Å². The van der Waals surface area contributed by atoms with Crippen molar-refractivity contribution in [3.8, 4) is 0 Å². The number of esters is 1. The summed E-state index contributed by atoms with van der Waals surface area (Å²) in [7, 11) is 1.41. The van der Waals surface area contributed by atoms with Gasteiger partial charge in [0.2, 0.25) is 0 Å². The van der Waals surface area contributed by atoms with E-state index in [1.165, 1.54) is 7.11 Å². The molecule has 4 heteroatoms. The normalized spacial score (nSPS) is 10.1. The van der Waals surface area contributed by atoms with Gasteiger partial charge in [-0.15, -0.1) is 0 Å². The Morgan fingerprint density at radius 2 is 2.31 bits per heavy atom. The largest absolute Gasteiger partial charge is 0.469 e. The van der Waals surface area contributed by atoms with Crippen LogP contribution in [0.5, 0.6) is 0 Å². The number of carbonyl (C=O) groups excluding carboxylic acids is 1. The number of carbonyl (C=O) groups is 1. The van der Waals surface area contributed by atoms with Crippen LogP contribution in [0.4, 0.5) is 0 Å². The second kappa shape index (κ2) is 6.95. The molecule has 0 bridgehead atoms. The predicted octanol–water partition coefficient (Wildman–Crippen LogP) is 1.43. The second-order valence-corrected chi connectivity index (χ2v) is 3.66. The SMILES string of the molecule is COC(=O)CCCNCc1ccc(C)nc1. The molecule has 88 valence electrons. The Balaban J connectivity index is 2.11. The summed E-state index contributed by atoms with van der Waals surface area (Å²) in [6.45, 7) is 3.56. The van der Waals surface area contributed by atoms with E-state index in [2.05, 4.69) is 21.1 Å². The quantitative estimate of drug-likeness (QED) is 0.584. The number of nitrogens with zero attached hydrogens (tertiary/aromatic N) is 1. The first kappa shape index (κ1) is 12.6. The van der Waals surface area contributed by atoms with Crippen LogP contribution in [0.25, 0.3) is 0 Å². The van der Waals surface area contributed by atoms with Gasteiger partial charge in [-0.1, -0.05) is 6.07 Å². The molecule has 0 aliphatic heterocycles. The summed E-state index contributed by atoms with van der Waals surface area (Å²) in [6, 6.07) is 4.04. The Morgan fingerprint density at radius 1 is 1.50 bits per heavy atom. The molecule has 0 spiro atoms. The minimum Gasteiger partial charge on any atom is -0.469 e. The van der Waals surface area contributed by atoms with Crippen molar-refractivity contribution in [2.75, 3.05) is 13.7 Å². The van der Waals surface area contributed by atoms with Crippen molar-refractivity contribution in [1.29, 1.82) is 0 Å². The third kappa shape index (κ3) is 4.89. The Labute approximate surface area is 96.0 Å². The number of aryl methyl sites for hydroxylation is 1. The predicted molar refractivity (Wildman–Crippen MR) is 61.9 cm³/mol.